The summed E-state index contributed by atoms with van der Waals surface area (Å²) in [5.41, 5.74) is 3.90. The van der Waals surface area contributed by atoms with Crippen LogP contribution in [0.3, 0.4) is 0 Å². The topological polar surface area (TPSA) is 65.1 Å². The number of hydrogen-bond donors (Lipinski definition) is 1. The monoisotopic (exact) mass is 436 g/mol. The number of benzene rings is 2. The third-order valence-corrected chi connectivity index (χ3v) is 6.49. The maximum Gasteiger partial charge on any atom is 0.229 e. The minimum atomic E-state index is -0.379. The van der Waals surface area contributed by atoms with Crippen molar-refractivity contribution in [3.8, 4) is 5.75 Å². The van der Waals surface area contributed by atoms with Crippen molar-refractivity contribution in [2.24, 2.45) is 5.92 Å². The average Bonchev–Trinajstić information content (AvgIpc) is 3.21. The Balaban J connectivity index is 1.38. The first kappa shape index (κ1) is 22.1. The Morgan fingerprint density at radius 2 is 1.91 bits per heavy atom. The van der Waals surface area contributed by atoms with Gasteiger partial charge in [0.2, 0.25) is 11.8 Å². The number of carbonyl (C=O) groups is 2. The van der Waals surface area contributed by atoms with Crippen LogP contribution in [0, 0.1) is 12.8 Å². The zero-order valence-electron chi connectivity index (χ0n) is 19.1. The van der Waals surface area contributed by atoms with Crippen LogP contribution in [-0.2, 0) is 9.59 Å². The third kappa shape index (κ3) is 4.72. The number of hydrogen-bond acceptors (Lipinski definition) is 5. The lowest BCUT2D eigenvalue weighted by Gasteiger charge is -2.36. The number of anilines is 3. The summed E-state index contributed by atoms with van der Waals surface area (Å²) in [7, 11) is 1.60. The van der Waals surface area contributed by atoms with Gasteiger partial charge in [0.25, 0.3) is 0 Å². The number of nitrogens with zero attached hydrogens (tertiary/aromatic N) is 3. The number of amides is 2. The first-order valence-corrected chi connectivity index (χ1v) is 11.3. The summed E-state index contributed by atoms with van der Waals surface area (Å²) in [6, 6.07) is 13.4. The first-order chi connectivity index (χ1) is 15.5. The molecule has 0 aromatic heterocycles. The molecule has 0 spiro atoms. The molecule has 2 aliphatic heterocycles. The van der Waals surface area contributed by atoms with Crippen molar-refractivity contribution in [2.45, 2.75) is 20.3 Å². The molecule has 1 atom stereocenters. The van der Waals surface area contributed by atoms with Gasteiger partial charge in [-0.2, -0.15) is 0 Å². The van der Waals surface area contributed by atoms with E-state index in [1.807, 2.05) is 36.4 Å². The summed E-state index contributed by atoms with van der Waals surface area (Å²) in [5.74, 6) is 0.147. The Bertz CT molecular complexity index is 985. The van der Waals surface area contributed by atoms with Gasteiger partial charge in [-0.1, -0.05) is 13.0 Å². The Morgan fingerprint density at radius 1 is 1.12 bits per heavy atom. The number of ether oxygens (including phenoxy) is 1. The smallest absolute Gasteiger partial charge is 0.229 e. The van der Waals surface area contributed by atoms with Gasteiger partial charge in [0, 0.05) is 62.3 Å². The summed E-state index contributed by atoms with van der Waals surface area (Å²) in [4.78, 5) is 32.0. The molecule has 0 saturated carbocycles. The van der Waals surface area contributed by atoms with E-state index in [2.05, 4.69) is 35.0 Å². The number of carbonyl (C=O) groups excluding carboxylic acids is 2. The van der Waals surface area contributed by atoms with Crippen LogP contribution in [0.5, 0.6) is 5.75 Å². The van der Waals surface area contributed by atoms with Gasteiger partial charge in [0.05, 0.1) is 13.0 Å². The highest BCUT2D eigenvalue weighted by Crippen LogP contribution is 2.29. The van der Waals surface area contributed by atoms with Gasteiger partial charge < -0.3 is 24.8 Å². The molecule has 0 aliphatic carbocycles. The Kier molecular flexibility index (Phi) is 6.65. The van der Waals surface area contributed by atoms with Crippen LogP contribution >= 0.6 is 0 Å². The van der Waals surface area contributed by atoms with Gasteiger partial charge in [0.1, 0.15) is 5.75 Å². The van der Waals surface area contributed by atoms with Gasteiger partial charge in [-0.25, -0.2) is 0 Å². The Hall–Kier alpha value is -3.06. The highest BCUT2D eigenvalue weighted by atomic mass is 16.5. The molecular formula is C25H32N4O3. The summed E-state index contributed by atoms with van der Waals surface area (Å²) >= 11 is 0. The Labute approximate surface area is 189 Å². The number of piperazine rings is 1. The third-order valence-electron chi connectivity index (χ3n) is 6.49. The van der Waals surface area contributed by atoms with Crippen molar-refractivity contribution in [3.05, 3.63) is 48.0 Å². The predicted molar refractivity (Wildman–Crippen MR) is 128 cm³/mol. The fourth-order valence-corrected chi connectivity index (χ4v) is 4.55. The van der Waals surface area contributed by atoms with Crippen LogP contribution < -0.4 is 19.9 Å². The van der Waals surface area contributed by atoms with Gasteiger partial charge in [-0.05, 0) is 49.4 Å². The fourth-order valence-electron chi connectivity index (χ4n) is 4.55. The van der Waals surface area contributed by atoms with Crippen molar-refractivity contribution in [2.75, 3.05) is 61.5 Å². The second-order valence-corrected chi connectivity index (χ2v) is 8.52. The number of rotatable bonds is 6. The van der Waals surface area contributed by atoms with E-state index in [-0.39, 0.29) is 24.2 Å². The van der Waals surface area contributed by atoms with Crippen LogP contribution in [0.1, 0.15) is 18.9 Å². The molecule has 2 aromatic carbocycles. The molecule has 2 heterocycles. The summed E-state index contributed by atoms with van der Waals surface area (Å²) < 4.78 is 5.26. The molecule has 32 heavy (non-hydrogen) atoms. The van der Waals surface area contributed by atoms with E-state index in [0.29, 0.717) is 12.3 Å². The zero-order valence-corrected chi connectivity index (χ0v) is 19.1. The quantitative estimate of drug-likeness (QED) is 0.754. The number of aryl methyl sites for hydroxylation is 1. The summed E-state index contributed by atoms with van der Waals surface area (Å²) in [6.07, 6.45) is 0.210. The lowest BCUT2D eigenvalue weighted by Crippen LogP contribution is -2.46. The molecule has 0 radical (unpaired) electrons. The van der Waals surface area contributed by atoms with Crippen LogP contribution in [0.2, 0.25) is 0 Å². The Morgan fingerprint density at radius 3 is 2.59 bits per heavy atom. The molecule has 1 N–H and O–H groups in total. The van der Waals surface area contributed by atoms with E-state index in [4.69, 9.17) is 4.74 Å². The van der Waals surface area contributed by atoms with Crippen molar-refractivity contribution >= 4 is 28.9 Å². The molecule has 2 aliphatic rings. The van der Waals surface area contributed by atoms with Crippen molar-refractivity contribution in [1.29, 1.82) is 0 Å². The van der Waals surface area contributed by atoms with E-state index in [0.717, 1.165) is 49.7 Å². The highest BCUT2D eigenvalue weighted by Gasteiger charge is 2.35. The van der Waals surface area contributed by atoms with Crippen LogP contribution in [0.25, 0.3) is 0 Å². The second-order valence-electron chi connectivity index (χ2n) is 8.52. The van der Waals surface area contributed by atoms with Crippen molar-refractivity contribution < 1.29 is 14.3 Å². The lowest BCUT2D eigenvalue weighted by molar-refractivity contribution is -0.122. The molecule has 2 amide bonds. The predicted octanol–water partition coefficient (Wildman–Crippen LogP) is 3.14. The molecule has 1 unspecified atom stereocenters. The number of nitrogens with one attached hydrogen (secondary N) is 1. The molecule has 7 heteroatoms. The first-order valence-electron chi connectivity index (χ1n) is 11.3. The summed E-state index contributed by atoms with van der Waals surface area (Å²) in [5, 5.41) is 3.02. The second kappa shape index (κ2) is 9.61. The van der Waals surface area contributed by atoms with Gasteiger partial charge in [0.15, 0.2) is 0 Å². The molecule has 2 fully saturated rings. The fraction of sp³-hybridized carbons (Fsp3) is 0.440. The molecule has 2 aromatic rings. The summed E-state index contributed by atoms with van der Waals surface area (Å²) in [6.45, 7) is 9.94. The van der Waals surface area contributed by atoms with Crippen LogP contribution in [-0.4, -0.2) is 63.1 Å². The van der Waals surface area contributed by atoms with E-state index >= 15 is 0 Å². The van der Waals surface area contributed by atoms with Gasteiger partial charge in [-0.3, -0.25) is 9.59 Å². The number of likely N-dealkylation sites (N-methyl/N-ethyl adjacent to an activating group) is 1. The standard InChI is InChI=1S/C25H32N4O3/c1-4-27-10-12-28(13-11-27)23-9-8-20(14-18(23)2)26-25(31)19-15-24(30)29(17-19)21-6-5-7-22(16-21)32-3/h5-9,14,16,19H,4,10-13,15,17H2,1-3H3,(H,26,31). The zero-order chi connectivity index (χ0) is 22.7. The van der Waals surface area contributed by atoms with E-state index < -0.39 is 0 Å². The van der Waals surface area contributed by atoms with E-state index in [1.165, 1.54) is 5.69 Å². The van der Waals surface area contributed by atoms with Crippen molar-refractivity contribution in [3.63, 3.8) is 0 Å². The maximum atomic E-state index is 12.9. The molecule has 0 bridgehead atoms. The molecular weight excluding hydrogens is 404 g/mol. The van der Waals surface area contributed by atoms with E-state index in [1.54, 1.807) is 12.0 Å². The molecule has 4 rings (SSSR count). The maximum absolute atomic E-state index is 12.9. The van der Waals surface area contributed by atoms with Gasteiger partial charge >= 0.3 is 0 Å². The molecule has 2 saturated heterocycles. The SMILES string of the molecule is CCN1CCN(c2ccc(NC(=O)C3CC(=O)N(c4cccc(OC)c4)C3)cc2C)CC1. The van der Waals surface area contributed by atoms with Crippen LogP contribution in [0.15, 0.2) is 42.5 Å². The van der Waals surface area contributed by atoms with Gasteiger partial charge in [-0.15, -0.1) is 0 Å². The normalized spacial score (nSPS) is 19.3. The minimum absolute atomic E-state index is 0.0452. The largest absolute Gasteiger partial charge is 0.497 e. The highest BCUT2D eigenvalue weighted by molar-refractivity contribution is 6.03. The average molecular weight is 437 g/mol. The number of methoxy groups -OCH3 is 1. The minimum Gasteiger partial charge on any atom is -0.497 e. The van der Waals surface area contributed by atoms with Crippen LogP contribution in [0.4, 0.5) is 17.1 Å². The lowest BCUT2D eigenvalue weighted by atomic mass is 10.1. The van der Waals surface area contributed by atoms with Crippen molar-refractivity contribution in [1.82, 2.24) is 4.90 Å². The van der Waals surface area contributed by atoms with E-state index in [9.17, 15) is 9.59 Å². The molecule has 170 valence electrons. The molecule has 7 nitrogen and oxygen atoms in total.